The van der Waals surface area contributed by atoms with Crippen molar-refractivity contribution in [1.82, 2.24) is 14.8 Å². The number of aromatic nitrogens is 3. The van der Waals surface area contributed by atoms with E-state index in [1.54, 1.807) is 4.68 Å². The maximum atomic E-state index is 12.4. The van der Waals surface area contributed by atoms with Gasteiger partial charge in [0.2, 0.25) is 0 Å². The highest BCUT2D eigenvalue weighted by molar-refractivity contribution is 8.01. The van der Waals surface area contributed by atoms with E-state index < -0.39 is 5.92 Å². The Kier molecular flexibility index (Phi) is 5.75. The van der Waals surface area contributed by atoms with Gasteiger partial charge in [-0.15, -0.1) is 16.4 Å². The zero-order valence-electron chi connectivity index (χ0n) is 13.1. The molecule has 0 bridgehead atoms. The van der Waals surface area contributed by atoms with E-state index in [1.165, 1.54) is 34.4 Å². The lowest BCUT2D eigenvalue weighted by atomic mass is 10.1. The SMILES string of the molecule is Cc1csc(C(C#N)C(=O)CSc2nn(-c3ccccc3)c(=S)s2)n1. The van der Waals surface area contributed by atoms with Crippen molar-refractivity contribution in [2.75, 3.05) is 5.75 Å². The minimum absolute atomic E-state index is 0.161. The fraction of sp³-hybridized carbons (Fsp3) is 0.188. The molecule has 126 valence electrons. The number of nitriles is 1. The topological polar surface area (TPSA) is 71.6 Å². The number of ketones is 1. The molecule has 25 heavy (non-hydrogen) atoms. The van der Waals surface area contributed by atoms with Crippen molar-refractivity contribution in [2.24, 2.45) is 0 Å². The molecule has 9 heteroatoms. The molecule has 0 radical (unpaired) electrons. The van der Waals surface area contributed by atoms with Gasteiger partial charge in [-0.25, -0.2) is 9.67 Å². The molecular weight excluding hydrogens is 392 g/mol. The van der Waals surface area contributed by atoms with E-state index >= 15 is 0 Å². The predicted octanol–water partition coefficient (Wildman–Crippen LogP) is 4.40. The molecule has 3 aromatic rings. The van der Waals surface area contributed by atoms with Gasteiger partial charge in [-0.2, -0.15) is 5.26 Å². The van der Waals surface area contributed by atoms with Gasteiger partial charge in [0.15, 0.2) is 20.0 Å². The monoisotopic (exact) mass is 404 g/mol. The van der Waals surface area contributed by atoms with Crippen molar-refractivity contribution in [2.45, 2.75) is 17.2 Å². The second-order valence-corrected chi connectivity index (χ2v) is 8.76. The summed E-state index contributed by atoms with van der Waals surface area (Å²) in [6.45, 7) is 1.84. The number of rotatable bonds is 6. The number of hydrogen-bond donors (Lipinski definition) is 0. The lowest BCUT2D eigenvalue weighted by Gasteiger charge is -2.03. The summed E-state index contributed by atoms with van der Waals surface area (Å²) in [7, 11) is 0. The fourth-order valence-electron chi connectivity index (χ4n) is 2.04. The summed E-state index contributed by atoms with van der Waals surface area (Å²) < 4.78 is 3.00. The standard InChI is InChI=1S/C16H12N4OS4/c1-10-8-23-14(18-10)12(7-17)13(21)9-24-15-19-20(16(22)25-15)11-5-3-2-4-6-11/h2-6,8,12H,9H2,1H3. The van der Waals surface area contributed by atoms with Crippen LogP contribution in [0.2, 0.25) is 0 Å². The quantitative estimate of drug-likeness (QED) is 0.448. The molecule has 1 unspecified atom stereocenters. The van der Waals surface area contributed by atoms with Crippen molar-refractivity contribution < 1.29 is 4.79 Å². The highest BCUT2D eigenvalue weighted by Gasteiger charge is 2.23. The molecule has 2 heterocycles. The van der Waals surface area contributed by atoms with Crippen LogP contribution in [0.3, 0.4) is 0 Å². The molecule has 1 atom stereocenters. The predicted molar refractivity (Wildman–Crippen MR) is 103 cm³/mol. The Morgan fingerprint density at radius 1 is 1.44 bits per heavy atom. The van der Waals surface area contributed by atoms with E-state index in [0.717, 1.165) is 11.4 Å². The Labute approximate surface area is 162 Å². The van der Waals surface area contributed by atoms with Crippen molar-refractivity contribution in [3.8, 4) is 11.8 Å². The van der Waals surface area contributed by atoms with Crippen LogP contribution >= 0.6 is 46.7 Å². The van der Waals surface area contributed by atoms with Crippen LogP contribution in [0.4, 0.5) is 0 Å². The van der Waals surface area contributed by atoms with Crippen LogP contribution in [0.15, 0.2) is 40.1 Å². The zero-order chi connectivity index (χ0) is 17.8. The number of nitrogens with zero attached hydrogens (tertiary/aromatic N) is 4. The van der Waals surface area contributed by atoms with Crippen LogP contribution in [0, 0.1) is 22.2 Å². The van der Waals surface area contributed by atoms with E-state index in [1.807, 2.05) is 42.6 Å². The zero-order valence-corrected chi connectivity index (χ0v) is 16.3. The third-order valence-electron chi connectivity index (χ3n) is 3.20. The van der Waals surface area contributed by atoms with Gasteiger partial charge in [-0.1, -0.05) is 41.3 Å². The van der Waals surface area contributed by atoms with Gasteiger partial charge in [-0.05, 0) is 31.3 Å². The summed E-state index contributed by atoms with van der Waals surface area (Å²) >= 11 is 9.34. The van der Waals surface area contributed by atoms with Crippen LogP contribution in [0.25, 0.3) is 5.69 Å². The summed E-state index contributed by atoms with van der Waals surface area (Å²) in [5.41, 5.74) is 1.70. The number of thioether (sulfide) groups is 1. The van der Waals surface area contributed by atoms with E-state index in [0.29, 0.717) is 13.3 Å². The van der Waals surface area contributed by atoms with E-state index in [-0.39, 0.29) is 11.5 Å². The molecular formula is C16H12N4OS4. The van der Waals surface area contributed by atoms with Gasteiger partial charge in [0.25, 0.3) is 0 Å². The molecule has 0 aliphatic rings. The first-order valence-corrected chi connectivity index (χ1v) is 10.3. The summed E-state index contributed by atoms with van der Waals surface area (Å²) in [6.07, 6.45) is 0. The number of hydrogen-bond acceptors (Lipinski definition) is 8. The molecule has 0 amide bonds. The van der Waals surface area contributed by atoms with Gasteiger partial charge in [-0.3, -0.25) is 4.79 Å². The minimum Gasteiger partial charge on any atom is -0.297 e. The van der Waals surface area contributed by atoms with E-state index in [9.17, 15) is 10.1 Å². The number of carbonyl (C=O) groups excluding carboxylic acids is 1. The average Bonchev–Trinajstić information content (AvgIpc) is 3.20. The van der Waals surface area contributed by atoms with E-state index in [4.69, 9.17) is 12.2 Å². The lowest BCUT2D eigenvalue weighted by Crippen LogP contribution is -2.13. The molecule has 3 rings (SSSR count). The first-order chi connectivity index (χ1) is 12.1. The average molecular weight is 405 g/mol. The molecule has 0 N–H and O–H groups in total. The Morgan fingerprint density at radius 2 is 2.20 bits per heavy atom. The minimum atomic E-state index is -0.824. The summed E-state index contributed by atoms with van der Waals surface area (Å²) in [6, 6.07) is 11.7. The van der Waals surface area contributed by atoms with Crippen LogP contribution in [0.5, 0.6) is 0 Å². The van der Waals surface area contributed by atoms with Crippen molar-refractivity contribution >= 4 is 52.4 Å². The Hall–Kier alpha value is -1.86. The second kappa shape index (κ2) is 8.01. The highest BCUT2D eigenvalue weighted by Crippen LogP contribution is 2.27. The molecule has 0 saturated carbocycles. The highest BCUT2D eigenvalue weighted by atomic mass is 32.2. The molecule has 0 aliphatic carbocycles. The third kappa shape index (κ3) is 4.22. The van der Waals surface area contributed by atoms with Crippen LogP contribution in [-0.2, 0) is 4.79 Å². The maximum Gasteiger partial charge on any atom is 0.184 e. The number of aryl methyl sites for hydroxylation is 1. The molecule has 0 spiro atoms. The first kappa shape index (κ1) is 17.9. The lowest BCUT2D eigenvalue weighted by molar-refractivity contribution is -0.116. The summed E-state index contributed by atoms with van der Waals surface area (Å²) in [5.74, 6) is -0.835. The van der Waals surface area contributed by atoms with Gasteiger partial charge >= 0.3 is 0 Å². The van der Waals surface area contributed by atoms with Crippen molar-refractivity contribution in [3.63, 3.8) is 0 Å². The second-order valence-electron chi connectivity index (χ2n) is 5.03. The summed E-state index contributed by atoms with van der Waals surface area (Å²) in [4.78, 5) is 16.6. The normalized spacial score (nSPS) is 11.8. The van der Waals surface area contributed by atoms with E-state index in [2.05, 4.69) is 16.2 Å². The van der Waals surface area contributed by atoms with Gasteiger partial charge in [0.1, 0.15) is 5.01 Å². The maximum absolute atomic E-state index is 12.4. The Bertz CT molecular complexity index is 983. The molecule has 0 aliphatic heterocycles. The third-order valence-corrected chi connectivity index (χ3v) is 6.62. The summed E-state index contributed by atoms with van der Waals surface area (Å²) in [5, 5.41) is 16.2. The van der Waals surface area contributed by atoms with Crippen molar-refractivity contribution in [3.05, 3.63) is 50.4 Å². The van der Waals surface area contributed by atoms with Crippen LogP contribution in [0.1, 0.15) is 16.6 Å². The fourth-order valence-corrected chi connectivity index (χ4v) is 5.17. The Morgan fingerprint density at radius 3 is 2.84 bits per heavy atom. The van der Waals surface area contributed by atoms with Crippen LogP contribution in [-0.4, -0.2) is 26.3 Å². The first-order valence-electron chi connectivity index (χ1n) is 7.21. The number of carbonyl (C=O) groups is 1. The number of para-hydroxylation sites is 1. The number of thiazole rings is 1. The molecule has 0 saturated heterocycles. The molecule has 1 aromatic carbocycles. The molecule has 5 nitrogen and oxygen atoms in total. The van der Waals surface area contributed by atoms with Gasteiger partial charge in [0.05, 0.1) is 17.5 Å². The Balaban J connectivity index is 1.71. The molecule has 0 fully saturated rings. The van der Waals surface area contributed by atoms with Gasteiger partial charge in [0, 0.05) is 11.1 Å². The van der Waals surface area contributed by atoms with Crippen LogP contribution < -0.4 is 0 Å². The van der Waals surface area contributed by atoms with Crippen molar-refractivity contribution in [1.29, 1.82) is 5.26 Å². The number of benzene rings is 1. The number of Topliss-reactive ketones (excluding diaryl/α,β-unsaturated/α-hetero) is 1. The smallest absolute Gasteiger partial charge is 0.184 e. The molecule has 2 aromatic heterocycles. The largest absolute Gasteiger partial charge is 0.297 e. The van der Waals surface area contributed by atoms with Gasteiger partial charge < -0.3 is 0 Å².